The van der Waals surface area contributed by atoms with Crippen LogP contribution in [0.4, 0.5) is 27.4 Å². The topological polar surface area (TPSA) is 103 Å². The predicted molar refractivity (Wildman–Crippen MR) is 126 cm³/mol. The molecule has 9 heteroatoms. The van der Waals surface area contributed by atoms with Crippen LogP contribution in [0.2, 0.25) is 0 Å². The van der Waals surface area contributed by atoms with E-state index in [0.29, 0.717) is 60.8 Å². The van der Waals surface area contributed by atoms with Crippen LogP contribution in [0.1, 0.15) is 18.9 Å². The molecule has 1 aromatic carbocycles. The SMILES string of the molecule is CN(N)c1c(N)nc(N2CCCOc3c(C#CC4(C)COC4)cccc32)c2c(F)cncc12. The first-order valence-electron chi connectivity index (χ1n) is 10.7. The number of fused-ring (bicyclic) bond motifs is 2. The van der Waals surface area contributed by atoms with Gasteiger partial charge in [0, 0.05) is 25.2 Å². The van der Waals surface area contributed by atoms with E-state index in [1.807, 2.05) is 23.1 Å². The van der Waals surface area contributed by atoms with Crippen LogP contribution in [0.3, 0.4) is 0 Å². The zero-order chi connectivity index (χ0) is 23.2. The lowest BCUT2D eigenvalue weighted by molar-refractivity contribution is -0.0648. The van der Waals surface area contributed by atoms with Gasteiger partial charge in [0.2, 0.25) is 0 Å². The molecule has 5 rings (SSSR count). The largest absolute Gasteiger partial charge is 0.490 e. The Morgan fingerprint density at radius 2 is 2.09 bits per heavy atom. The Kier molecular flexibility index (Phi) is 5.19. The second-order valence-corrected chi connectivity index (χ2v) is 8.63. The average molecular weight is 449 g/mol. The van der Waals surface area contributed by atoms with Crippen LogP contribution >= 0.6 is 0 Å². The number of rotatable bonds is 2. The third-order valence-corrected chi connectivity index (χ3v) is 5.85. The number of pyridine rings is 2. The lowest BCUT2D eigenvalue weighted by Gasteiger charge is -2.32. The summed E-state index contributed by atoms with van der Waals surface area (Å²) in [5, 5.41) is 2.12. The summed E-state index contributed by atoms with van der Waals surface area (Å²) in [5.41, 5.74) is 8.07. The third kappa shape index (κ3) is 3.67. The number of nitrogens with zero attached hydrogens (tertiary/aromatic N) is 4. The molecule has 1 fully saturated rings. The molecule has 0 amide bonds. The maximum atomic E-state index is 15.1. The van der Waals surface area contributed by atoms with Crippen molar-refractivity contribution in [2.45, 2.75) is 13.3 Å². The first-order chi connectivity index (χ1) is 15.9. The van der Waals surface area contributed by atoms with Crippen molar-refractivity contribution < 1.29 is 13.9 Å². The molecule has 0 unspecified atom stereocenters. The summed E-state index contributed by atoms with van der Waals surface area (Å²) in [6, 6.07) is 5.76. The molecule has 3 aromatic rings. The van der Waals surface area contributed by atoms with E-state index in [1.165, 1.54) is 11.2 Å². The van der Waals surface area contributed by atoms with Crippen LogP contribution in [0.15, 0.2) is 30.6 Å². The normalized spacial score (nSPS) is 16.7. The fourth-order valence-corrected chi connectivity index (χ4v) is 4.19. The van der Waals surface area contributed by atoms with Gasteiger partial charge < -0.3 is 25.1 Å². The number of hydrogen-bond donors (Lipinski definition) is 2. The van der Waals surface area contributed by atoms with Crippen LogP contribution in [0.25, 0.3) is 10.8 Å². The van der Waals surface area contributed by atoms with Crippen LogP contribution in [0, 0.1) is 23.1 Å². The molecule has 33 heavy (non-hydrogen) atoms. The predicted octanol–water partition coefficient (Wildman–Crippen LogP) is 2.97. The first-order valence-corrected chi connectivity index (χ1v) is 10.7. The van der Waals surface area contributed by atoms with Crippen molar-refractivity contribution in [2.75, 3.05) is 49.1 Å². The highest BCUT2D eigenvalue weighted by atomic mass is 19.1. The minimum atomic E-state index is -0.501. The molecule has 2 aromatic heterocycles. The zero-order valence-electron chi connectivity index (χ0n) is 18.6. The monoisotopic (exact) mass is 448 g/mol. The summed E-state index contributed by atoms with van der Waals surface area (Å²) in [7, 11) is 1.63. The van der Waals surface area contributed by atoms with Crippen molar-refractivity contribution in [3.63, 3.8) is 0 Å². The lowest BCUT2D eigenvalue weighted by atomic mass is 9.89. The number of hydrogen-bond acceptors (Lipinski definition) is 8. The van der Waals surface area contributed by atoms with E-state index in [9.17, 15) is 0 Å². The molecule has 4 heterocycles. The fraction of sp³-hybridized carbons (Fsp3) is 0.333. The molecule has 4 N–H and O–H groups in total. The van der Waals surface area contributed by atoms with Crippen LogP contribution in [-0.2, 0) is 4.74 Å². The number of nitrogen functional groups attached to an aromatic ring is 1. The van der Waals surface area contributed by atoms with Crippen LogP contribution < -0.4 is 26.2 Å². The minimum absolute atomic E-state index is 0.153. The molecule has 8 nitrogen and oxygen atoms in total. The maximum Gasteiger partial charge on any atom is 0.158 e. The number of hydrazine groups is 1. The Bertz CT molecular complexity index is 1300. The third-order valence-electron chi connectivity index (χ3n) is 5.85. The molecule has 0 saturated carbocycles. The van der Waals surface area contributed by atoms with Crippen molar-refractivity contribution in [1.82, 2.24) is 9.97 Å². The molecule has 2 aliphatic rings. The maximum absolute atomic E-state index is 15.1. The van der Waals surface area contributed by atoms with Gasteiger partial charge in [-0.15, -0.1) is 0 Å². The van der Waals surface area contributed by atoms with E-state index in [0.717, 1.165) is 11.3 Å². The van der Waals surface area contributed by atoms with Gasteiger partial charge in [-0.25, -0.2) is 15.2 Å². The summed E-state index contributed by atoms with van der Waals surface area (Å²) in [6.07, 6.45) is 3.43. The van der Waals surface area contributed by atoms with Gasteiger partial charge in [0.05, 0.1) is 48.1 Å². The van der Waals surface area contributed by atoms with E-state index >= 15 is 4.39 Å². The van der Waals surface area contributed by atoms with Crippen molar-refractivity contribution >= 4 is 33.8 Å². The van der Waals surface area contributed by atoms with Gasteiger partial charge in [-0.3, -0.25) is 4.98 Å². The van der Waals surface area contributed by atoms with Crippen molar-refractivity contribution in [3.05, 3.63) is 42.0 Å². The fourth-order valence-electron chi connectivity index (χ4n) is 4.19. The van der Waals surface area contributed by atoms with E-state index < -0.39 is 5.82 Å². The summed E-state index contributed by atoms with van der Waals surface area (Å²) in [4.78, 5) is 10.5. The Labute approximate surface area is 191 Å². The second-order valence-electron chi connectivity index (χ2n) is 8.63. The van der Waals surface area contributed by atoms with E-state index in [2.05, 4.69) is 28.7 Å². The van der Waals surface area contributed by atoms with E-state index in [-0.39, 0.29) is 11.2 Å². The molecular formula is C24H25FN6O2. The molecular weight excluding hydrogens is 423 g/mol. The van der Waals surface area contributed by atoms with Crippen LogP contribution in [-0.4, -0.2) is 43.4 Å². The highest BCUT2D eigenvalue weighted by Crippen LogP contribution is 2.43. The molecule has 0 atom stereocenters. The molecule has 0 spiro atoms. The smallest absolute Gasteiger partial charge is 0.158 e. The molecule has 170 valence electrons. The lowest BCUT2D eigenvalue weighted by Crippen LogP contribution is -2.38. The molecule has 1 saturated heterocycles. The summed E-state index contributed by atoms with van der Waals surface area (Å²) < 4.78 is 26.6. The summed E-state index contributed by atoms with van der Waals surface area (Å²) >= 11 is 0. The number of ether oxygens (including phenoxy) is 2. The quantitative estimate of drug-likeness (QED) is 0.350. The molecule has 2 aliphatic heterocycles. The minimum Gasteiger partial charge on any atom is -0.490 e. The van der Waals surface area contributed by atoms with Gasteiger partial charge >= 0.3 is 0 Å². The Balaban J connectivity index is 1.70. The number of halogens is 1. The average Bonchev–Trinajstić information content (AvgIpc) is 2.98. The summed E-state index contributed by atoms with van der Waals surface area (Å²) in [5.74, 6) is 13.3. The number of anilines is 4. The van der Waals surface area contributed by atoms with Gasteiger partial charge in [0.1, 0.15) is 11.5 Å². The molecule has 0 bridgehead atoms. The van der Waals surface area contributed by atoms with Gasteiger partial charge in [0.25, 0.3) is 0 Å². The van der Waals surface area contributed by atoms with Gasteiger partial charge in [-0.2, -0.15) is 0 Å². The van der Waals surface area contributed by atoms with Gasteiger partial charge in [-0.05, 0) is 25.5 Å². The number of aromatic nitrogens is 2. The van der Waals surface area contributed by atoms with E-state index in [1.54, 1.807) is 13.2 Å². The summed E-state index contributed by atoms with van der Waals surface area (Å²) in [6.45, 7) is 4.38. The number of benzene rings is 1. The van der Waals surface area contributed by atoms with Gasteiger partial charge in [-0.1, -0.05) is 17.9 Å². The van der Waals surface area contributed by atoms with Crippen molar-refractivity contribution in [1.29, 1.82) is 0 Å². The highest BCUT2D eigenvalue weighted by molar-refractivity contribution is 6.05. The Morgan fingerprint density at radius 3 is 2.82 bits per heavy atom. The number of para-hydroxylation sites is 1. The van der Waals surface area contributed by atoms with Crippen molar-refractivity contribution in [2.24, 2.45) is 11.3 Å². The first kappa shape index (κ1) is 21.2. The van der Waals surface area contributed by atoms with Crippen molar-refractivity contribution in [3.8, 4) is 17.6 Å². The second kappa shape index (κ2) is 8.06. The Morgan fingerprint density at radius 1 is 1.27 bits per heavy atom. The van der Waals surface area contributed by atoms with E-state index in [4.69, 9.17) is 21.1 Å². The zero-order valence-corrected chi connectivity index (χ0v) is 18.6. The highest BCUT2D eigenvalue weighted by Gasteiger charge is 2.31. The standard InChI is InChI=1S/C24H25FN6O2/c1-24(13-32-14-24)8-7-15-5-3-6-18-21(15)33-10-4-9-31(18)23-19-16(11-28-12-17(19)25)20(30(2)27)22(26)29-23/h3,5-6,11-12H,4,9-10,13-14,27H2,1-2H3,(H2,26,29). The molecule has 0 radical (unpaired) electrons. The molecule has 0 aliphatic carbocycles. The number of nitrogens with two attached hydrogens (primary N) is 2. The van der Waals surface area contributed by atoms with Crippen LogP contribution in [0.5, 0.6) is 5.75 Å². The van der Waals surface area contributed by atoms with Gasteiger partial charge in [0.15, 0.2) is 17.4 Å². The Hall–Kier alpha value is -3.61.